The summed E-state index contributed by atoms with van der Waals surface area (Å²) in [4.78, 5) is 12.7. The van der Waals surface area contributed by atoms with Gasteiger partial charge in [-0.05, 0) is 24.1 Å². The molecule has 0 unspecified atom stereocenters. The number of nitrogens with zero attached hydrogens (tertiary/aromatic N) is 1. The monoisotopic (exact) mass is 312 g/mol. The zero-order valence-corrected chi connectivity index (χ0v) is 13.1. The molecule has 1 aromatic rings. The largest absolute Gasteiger partial charge is 0.447 e. The van der Waals surface area contributed by atoms with Gasteiger partial charge in [-0.2, -0.15) is 0 Å². The number of carbonyl (C=O) groups excluding carboxylic acids is 1. The van der Waals surface area contributed by atoms with Crippen LogP contribution < -0.4 is 5.32 Å². The predicted molar refractivity (Wildman–Crippen MR) is 81.7 cm³/mol. The third-order valence-electron chi connectivity index (χ3n) is 3.32. The van der Waals surface area contributed by atoms with Gasteiger partial charge in [-0.15, -0.1) is 0 Å². The van der Waals surface area contributed by atoms with E-state index >= 15 is 0 Å². The number of ether oxygens (including phenoxy) is 2. The van der Waals surface area contributed by atoms with Crippen LogP contribution in [-0.4, -0.2) is 57.0 Å². The second-order valence-corrected chi connectivity index (χ2v) is 5.80. The normalized spacial score (nSPS) is 21.9. The zero-order chi connectivity index (χ0) is 15.2. The Labute approximate surface area is 130 Å². The average Bonchev–Trinajstić information content (AvgIpc) is 2.48. The van der Waals surface area contributed by atoms with E-state index in [1.165, 1.54) is 10.5 Å². The van der Waals surface area contributed by atoms with Crippen molar-refractivity contribution in [1.82, 2.24) is 10.2 Å². The molecule has 0 aromatic heterocycles. The lowest BCUT2D eigenvalue weighted by Crippen LogP contribution is -2.49. The molecule has 1 aliphatic rings. The number of amides is 1. The van der Waals surface area contributed by atoms with Gasteiger partial charge in [-0.1, -0.05) is 23.7 Å². The van der Waals surface area contributed by atoms with E-state index in [9.17, 15) is 4.79 Å². The first-order chi connectivity index (χ1) is 10.0. The Morgan fingerprint density at radius 3 is 2.71 bits per heavy atom. The third kappa shape index (κ3) is 5.19. The number of halogens is 1. The summed E-state index contributed by atoms with van der Waals surface area (Å²) in [6.45, 7) is 1.56. The van der Waals surface area contributed by atoms with Gasteiger partial charge >= 0.3 is 6.09 Å². The molecule has 0 saturated carbocycles. The van der Waals surface area contributed by atoms with Gasteiger partial charge in [-0.25, -0.2) is 4.79 Å². The summed E-state index contributed by atoms with van der Waals surface area (Å²) in [5.74, 6) is 0. The molecule has 1 saturated heterocycles. The summed E-state index contributed by atoms with van der Waals surface area (Å²) in [6.07, 6.45) is 0.457. The fraction of sp³-hybridized carbons (Fsp3) is 0.533. The van der Waals surface area contributed by atoms with E-state index < -0.39 is 0 Å². The smallest absolute Gasteiger partial charge is 0.409 e. The van der Waals surface area contributed by atoms with Crippen LogP contribution in [0.3, 0.4) is 0 Å². The maximum absolute atomic E-state index is 11.3. The molecule has 1 aliphatic heterocycles. The SMILES string of the molecule is CN(C)C(=O)OC[C@H]1CN[C@@H](Cc2ccc(Cl)cc2)CO1. The Balaban J connectivity index is 1.70. The fourth-order valence-electron chi connectivity index (χ4n) is 2.10. The van der Waals surface area contributed by atoms with Gasteiger partial charge in [0.25, 0.3) is 0 Å². The highest BCUT2D eigenvalue weighted by Gasteiger charge is 2.22. The molecule has 2 rings (SSSR count). The molecule has 116 valence electrons. The number of benzene rings is 1. The van der Waals surface area contributed by atoms with Crippen molar-refractivity contribution in [3.8, 4) is 0 Å². The molecule has 6 heteroatoms. The third-order valence-corrected chi connectivity index (χ3v) is 3.57. The topological polar surface area (TPSA) is 50.8 Å². The molecule has 0 radical (unpaired) electrons. The second-order valence-electron chi connectivity index (χ2n) is 5.36. The van der Waals surface area contributed by atoms with E-state index in [0.717, 1.165) is 11.4 Å². The first kappa shape index (κ1) is 16.1. The van der Waals surface area contributed by atoms with E-state index in [0.29, 0.717) is 13.2 Å². The van der Waals surface area contributed by atoms with Gasteiger partial charge in [0, 0.05) is 31.7 Å². The van der Waals surface area contributed by atoms with Crippen LogP contribution in [0.4, 0.5) is 4.79 Å². The second kappa shape index (κ2) is 7.64. The van der Waals surface area contributed by atoms with Crippen LogP contribution in [0, 0.1) is 0 Å². The van der Waals surface area contributed by atoms with Crippen LogP contribution in [0.5, 0.6) is 0 Å². The summed E-state index contributed by atoms with van der Waals surface area (Å²) >= 11 is 5.87. The lowest BCUT2D eigenvalue weighted by molar-refractivity contribution is -0.0327. The van der Waals surface area contributed by atoms with Gasteiger partial charge in [-0.3, -0.25) is 0 Å². The number of morpholine rings is 1. The lowest BCUT2D eigenvalue weighted by Gasteiger charge is -2.30. The first-order valence-corrected chi connectivity index (χ1v) is 7.36. The molecule has 0 bridgehead atoms. The van der Waals surface area contributed by atoms with Gasteiger partial charge < -0.3 is 19.7 Å². The Bertz CT molecular complexity index is 456. The minimum Gasteiger partial charge on any atom is -0.447 e. The molecule has 1 fully saturated rings. The van der Waals surface area contributed by atoms with E-state index in [4.69, 9.17) is 21.1 Å². The van der Waals surface area contributed by atoms with Crippen LogP contribution in [0.2, 0.25) is 5.02 Å². The van der Waals surface area contributed by atoms with E-state index in [1.807, 2.05) is 24.3 Å². The van der Waals surface area contributed by atoms with Crippen LogP contribution >= 0.6 is 11.6 Å². The van der Waals surface area contributed by atoms with Gasteiger partial charge in [0.05, 0.1) is 6.61 Å². The quantitative estimate of drug-likeness (QED) is 0.923. The summed E-state index contributed by atoms with van der Waals surface area (Å²) in [6, 6.07) is 8.10. The van der Waals surface area contributed by atoms with Gasteiger partial charge in [0.2, 0.25) is 0 Å². The minimum atomic E-state index is -0.345. The Morgan fingerprint density at radius 1 is 1.43 bits per heavy atom. The minimum absolute atomic E-state index is 0.0876. The molecule has 1 amide bonds. The number of carbonyl (C=O) groups is 1. The Morgan fingerprint density at radius 2 is 2.14 bits per heavy atom. The van der Waals surface area contributed by atoms with Gasteiger partial charge in [0.1, 0.15) is 12.7 Å². The maximum Gasteiger partial charge on any atom is 0.409 e. The van der Waals surface area contributed by atoms with Crippen molar-refractivity contribution in [2.45, 2.75) is 18.6 Å². The predicted octanol–water partition coefficient (Wildman–Crippen LogP) is 1.94. The summed E-state index contributed by atoms with van der Waals surface area (Å²) in [7, 11) is 3.31. The highest BCUT2D eigenvalue weighted by Crippen LogP contribution is 2.13. The molecule has 0 aliphatic carbocycles. The van der Waals surface area contributed by atoms with Crippen molar-refractivity contribution in [3.05, 3.63) is 34.9 Å². The summed E-state index contributed by atoms with van der Waals surface area (Å²) < 4.78 is 10.8. The molecule has 2 atom stereocenters. The van der Waals surface area contributed by atoms with Crippen molar-refractivity contribution in [1.29, 1.82) is 0 Å². The number of hydrogen-bond acceptors (Lipinski definition) is 4. The van der Waals surface area contributed by atoms with Crippen molar-refractivity contribution in [3.63, 3.8) is 0 Å². The van der Waals surface area contributed by atoms with E-state index in [-0.39, 0.29) is 24.8 Å². The summed E-state index contributed by atoms with van der Waals surface area (Å²) in [5, 5.41) is 4.17. The molecular formula is C15H21ClN2O3. The number of rotatable bonds is 4. The summed E-state index contributed by atoms with van der Waals surface area (Å²) in [5.41, 5.74) is 1.22. The standard InChI is InChI=1S/C15H21ClN2O3/c1-18(2)15(19)21-10-14-8-17-13(9-20-14)7-11-3-5-12(16)6-4-11/h3-6,13-14,17H,7-10H2,1-2H3/t13-,14+/m0/s1. The van der Waals surface area contributed by atoms with E-state index in [2.05, 4.69) is 5.32 Å². The highest BCUT2D eigenvalue weighted by molar-refractivity contribution is 6.30. The van der Waals surface area contributed by atoms with Crippen LogP contribution in [-0.2, 0) is 15.9 Å². The zero-order valence-electron chi connectivity index (χ0n) is 12.3. The Hall–Kier alpha value is -1.30. The molecule has 1 heterocycles. The number of nitrogens with one attached hydrogen (secondary N) is 1. The van der Waals surface area contributed by atoms with Gasteiger partial charge in [0.15, 0.2) is 0 Å². The fourth-order valence-corrected chi connectivity index (χ4v) is 2.23. The molecule has 0 spiro atoms. The Kier molecular flexibility index (Phi) is 5.85. The van der Waals surface area contributed by atoms with Crippen LogP contribution in [0.1, 0.15) is 5.56 Å². The van der Waals surface area contributed by atoms with E-state index in [1.54, 1.807) is 14.1 Å². The molecule has 1 aromatic carbocycles. The van der Waals surface area contributed by atoms with Crippen molar-refractivity contribution in [2.75, 3.05) is 33.9 Å². The average molecular weight is 313 g/mol. The first-order valence-electron chi connectivity index (χ1n) is 6.98. The van der Waals surface area contributed by atoms with Crippen molar-refractivity contribution < 1.29 is 14.3 Å². The molecular weight excluding hydrogens is 292 g/mol. The lowest BCUT2D eigenvalue weighted by atomic mass is 10.1. The van der Waals surface area contributed by atoms with Crippen molar-refractivity contribution >= 4 is 17.7 Å². The number of hydrogen-bond donors (Lipinski definition) is 1. The maximum atomic E-state index is 11.3. The molecule has 1 N–H and O–H groups in total. The molecule has 21 heavy (non-hydrogen) atoms. The van der Waals surface area contributed by atoms with Crippen LogP contribution in [0.15, 0.2) is 24.3 Å². The molecule has 5 nitrogen and oxygen atoms in total. The van der Waals surface area contributed by atoms with Crippen LogP contribution in [0.25, 0.3) is 0 Å². The van der Waals surface area contributed by atoms with Crippen molar-refractivity contribution in [2.24, 2.45) is 0 Å². The highest BCUT2D eigenvalue weighted by atomic mass is 35.5.